The molecular formula is C23H24N4O2. The SMILES string of the molecule is COc1ccc([C@H]2C3=C(Nc4ncnn42)c2ccccc2O[C@@H]3CC(C)C)cc1. The number of nitrogens with zero attached hydrogens (tertiary/aromatic N) is 3. The van der Waals surface area contributed by atoms with Crippen LogP contribution in [0.3, 0.4) is 0 Å². The number of aromatic nitrogens is 3. The first-order chi connectivity index (χ1) is 14.2. The predicted molar refractivity (Wildman–Crippen MR) is 112 cm³/mol. The first-order valence-corrected chi connectivity index (χ1v) is 9.96. The maximum Gasteiger partial charge on any atom is 0.226 e. The number of nitrogens with one attached hydrogen (secondary N) is 1. The maximum atomic E-state index is 6.52. The number of rotatable bonds is 4. The van der Waals surface area contributed by atoms with E-state index in [4.69, 9.17) is 9.47 Å². The average Bonchev–Trinajstić information content (AvgIpc) is 3.20. The predicted octanol–water partition coefficient (Wildman–Crippen LogP) is 4.52. The van der Waals surface area contributed by atoms with E-state index >= 15 is 0 Å². The van der Waals surface area contributed by atoms with Crippen LogP contribution in [0.1, 0.15) is 37.4 Å². The summed E-state index contributed by atoms with van der Waals surface area (Å²) in [6.07, 6.45) is 2.48. The van der Waals surface area contributed by atoms with E-state index in [9.17, 15) is 0 Å². The first kappa shape index (κ1) is 17.8. The van der Waals surface area contributed by atoms with E-state index in [2.05, 4.69) is 47.4 Å². The van der Waals surface area contributed by atoms with Gasteiger partial charge < -0.3 is 14.8 Å². The second kappa shape index (κ2) is 6.95. The van der Waals surface area contributed by atoms with E-state index in [1.807, 2.05) is 35.0 Å². The number of para-hydroxylation sites is 1. The van der Waals surface area contributed by atoms with E-state index < -0.39 is 0 Å². The highest BCUT2D eigenvalue weighted by Crippen LogP contribution is 2.47. The van der Waals surface area contributed by atoms with Gasteiger partial charge in [0, 0.05) is 11.1 Å². The molecule has 6 heteroatoms. The van der Waals surface area contributed by atoms with Gasteiger partial charge >= 0.3 is 0 Å². The van der Waals surface area contributed by atoms with Crippen molar-refractivity contribution in [1.29, 1.82) is 0 Å². The molecule has 5 rings (SSSR count). The van der Waals surface area contributed by atoms with Crippen molar-refractivity contribution in [2.24, 2.45) is 5.92 Å². The summed E-state index contributed by atoms with van der Waals surface area (Å²) >= 11 is 0. The van der Waals surface area contributed by atoms with Crippen molar-refractivity contribution in [3.63, 3.8) is 0 Å². The van der Waals surface area contributed by atoms with Crippen LogP contribution in [-0.4, -0.2) is 28.0 Å². The van der Waals surface area contributed by atoms with Gasteiger partial charge in [-0.3, -0.25) is 0 Å². The Morgan fingerprint density at radius 1 is 1.14 bits per heavy atom. The fourth-order valence-corrected chi connectivity index (χ4v) is 4.24. The lowest BCUT2D eigenvalue weighted by Gasteiger charge is -2.39. The summed E-state index contributed by atoms with van der Waals surface area (Å²) in [7, 11) is 1.68. The molecule has 148 valence electrons. The number of methoxy groups -OCH3 is 1. The minimum atomic E-state index is -0.0910. The lowest BCUT2D eigenvalue weighted by molar-refractivity contribution is 0.191. The Kier molecular flexibility index (Phi) is 4.27. The fraction of sp³-hybridized carbons (Fsp3) is 0.304. The molecule has 29 heavy (non-hydrogen) atoms. The topological polar surface area (TPSA) is 61.2 Å². The molecule has 0 bridgehead atoms. The second-order valence-electron chi connectivity index (χ2n) is 7.89. The number of benzene rings is 2. The maximum absolute atomic E-state index is 6.52. The Hall–Kier alpha value is -3.28. The van der Waals surface area contributed by atoms with Crippen LogP contribution in [0.25, 0.3) is 5.70 Å². The number of hydrogen-bond acceptors (Lipinski definition) is 5. The number of anilines is 1. The molecule has 1 N–H and O–H groups in total. The molecule has 6 nitrogen and oxygen atoms in total. The highest BCUT2D eigenvalue weighted by molar-refractivity contribution is 5.84. The Morgan fingerprint density at radius 2 is 1.93 bits per heavy atom. The van der Waals surface area contributed by atoms with Gasteiger partial charge in [0.15, 0.2) is 0 Å². The summed E-state index contributed by atoms with van der Waals surface area (Å²) in [5.41, 5.74) is 4.47. The van der Waals surface area contributed by atoms with Gasteiger partial charge in [-0.1, -0.05) is 38.1 Å². The lowest BCUT2D eigenvalue weighted by atomic mass is 9.84. The molecule has 2 aromatic carbocycles. The zero-order valence-corrected chi connectivity index (χ0v) is 16.8. The Labute approximate surface area is 170 Å². The van der Waals surface area contributed by atoms with E-state index in [1.54, 1.807) is 13.4 Å². The van der Waals surface area contributed by atoms with Crippen molar-refractivity contribution in [3.05, 3.63) is 71.6 Å². The minimum Gasteiger partial charge on any atom is -0.497 e. The quantitative estimate of drug-likeness (QED) is 0.712. The van der Waals surface area contributed by atoms with Crippen molar-refractivity contribution in [3.8, 4) is 11.5 Å². The molecule has 3 heterocycles. The number of fused-ring (bicyclic) bond motifs is 3. The zero-order valence-electron chi connectivity index (χ0n) is 16.8. The van der Waals surface area contributed by atoms with Gasteiger partial charge in [-0.25, -0.2) is 4.68 Å². The molecule has 0 saturated heterocycles. The van der Waals surface area contributed by atoms with Gasteiger partial charge in [-0.05, 0) is 42.2 Å². The van der Waals surface area contributed by atoms with Crippen molar-refractivity contribution in [1.82, 2.24) is 14.8 Å². The van der Waals surface area contributed by atoms with E-state index in [1.165, 1.54) is 5.57 Å². The molecule has 2 aliphatic rings. The molecule has 0 fully saturated rings. The molecule has 2 aliphatic heterocycles. The highest BCUT2D eigenvalue weighted by atomic mass is 16.5. The van der Waals surface area contributed by atoms with Gasteiger partial charge in [-0.2, -0.15) is 10.1 Å². The smallest absolute Gasteiger partial charge is 0.226 e. The van der Waals surface area contributed by atoms with Crippen molar-refractivity contribution >= 4 is 11.6 Å². The van der Waals surface area contributed by atoms with Gasteiger partial charge in [0.25, 0.3) is 0 Å². The summed E-state index contributed by atoms with van der Waals surface area (Å²) < 4.78 is 13.8. The van der Waals surface area contributed by atoms with Gasteiger partial charge in [0.2, 0.25) is 5.95 Å². The molecule has 0 unspecified atom stereocenters. The van der Waals surface area contributed by atoms with Crippen LogP contribution in [0.15, 0.2) is 60.4 Å². The molecule has 0 saturated carbocycles. The van der Waals surface area contributed by atoms with E-state index in [-0.39, 0.29) is 12.1 Å². The first-order valence-electron chi connectivity index (χ1n) is 9.96. The molecular weight excluding hydrogens is 364 g/mol. The second-order valence-corrected chi connectivity index (χ2v) is 7.89. The molecule has 3 aromatic rings. The van der Waals surface area contributed by atoms with Crippen LogP contribution in [0.5, 0.6) is 11.5 Å². The van der Waals surface area contributed by atoms with Crippen molar-refractivity contribution in [2.75, 3.05) is 12.4 Å². The van der Waals surface area contributed by atoms with Crippen molar-refractivity contribution in [2.45, 2.75) is 32.4 Å². The minimum absolute atomic E-state index is 0.0446. The third-order valence-corrected chi connectivity index (χ3v) is 5.53. The van der Waals surface area contributed by atoms with E-state index in [0.29, 0.717) is 5.92 Å². The van der Waals surface area contributed by atoms with Crippen LogP contribution in [-0.2, 0) is 0 Å². The van der Waals surface area contributed by atoms with Gasteiger partial charge in [0.05, 0.1) is 12.8 Å². The summed E-state index contributed by atoms with van der Waals surface area (Å²) in [5, 5.41) is 8.06. The van der Waals surface area contributed by atoms with Crippen LogP contribution >= 0.6 is 0 Å². The summed E-state index contributed by atoms with van der Waals surface area (Å²) in [6.45, 7) is 4.45. The van der Waals surface area contributed by atoms with E-state index in [0.717, 1.165) is 40.7 Å². The van der Waals surface area contributed by atoms with Crippen molar-refractivity contribution < 1.29 is 9.47 Å². The summed E-state index contributed by atoms with van der Waals surface area (Å²) in [6, 6.07) is 16.3. The van der Waals surface area contributed by atoms with Crippen LogP contribution in [0.4, 0.5) is 5.95 Å². The molecule has 0 radical (unpaired) electrons. The number of ether oxygens (including phenoxy) is 2. The fourth-order valence-electron chi connectivity index (χ4n) is 4.24. The third kappa shape index (κ3) is 2.95. The molecule has 0 spiro atoms. The molecule has 0 aliphatic carbocycles. The Balaban J connectivity index is 1.72. The van der Waals surface area contributed by atoms with Crippen LogP contribution < -0.4 is 14.8 Å². The highest BCUT2D eigenvalue weighted by Gasteiger charge is 2.40. The van der Waals surface area contributed by atoms with Crippen LogP contribution in [0.2, 0.25) is 0 Å². The zero-order chi connectivity index (χ0) is 20.0. The molecule has 0 amide bonds. The average molecular weight is 388 g/mol. The molecule has 2 atom stereocenters. The largest absolute Gasteiger partial charge is 0.497 e. The number of hydrogen-bond donors (Lipinski definition) is 1. The summed E-state index contributed by atoms with van der Waals surface area (Å²) in [5.74, 6) is 2.97. The van der Waals surface area contributed by atoms with Crippen LogP contribution in [0, 0.1) is 5.92 Å². The lowest BCUT2D eigenvalue weighted by Crippen LogP contribution is -2.37. The Bertz CT molecular complexity index is 1070. The van der Waals surface area contributed by atoms with Gasteiger partial charge in [-0.15, -0.1) is 0 Å². The van der Waals surface area contributed by atoms with Gasteiger partial charge in [0.1, 0.15) is 30.0 Å². The monoisotopic (exact) mass is 388 g/mol. The molecule has 1 aromatic heterocycles. The Morgan fingerprint density at radius 3 is 2.69 bits per heavy atom. The standard InChI is InChI=1S/C23H24N4O2/c1-14(2)12-19-20-21(17-6-4-5-7-18(17)29-19)26-23-24-13-25-27(23)22(20)15-8-10-16(28-3)11-9-15/h4-11,13-14,19,22H,12H2,1-3H3,(H,24,25,26)/t19-,22+/m1/s1. The summed E-state index contributed by atoms with van der Waals surface area (Å²) in [4.78, 5) is 4.46. The normalized spacial score (nSPS) is 19.7. The third-order valence-electron chi connectivity index (χ3n) is 5.53.